The van der Waals surface area contributed by atoms with Crippen LogP contribution in [0.4, 0.5) is 10.5 Å². The summed E-state index contributed by atoms with van der Waals surface area (Å²) in [4.78, 5) is 40.9. The van der Waals surface area contributed by atoms with Crippen molar-refractivity contribution in [2.24, 2.45) is 0 Å². The Balaban J connectivity index is 1.79. The van der Waals surface area contributed by atoms with Crippen LogP contribution < -0.4 is 10.2 Å². The lowest BCUT2D eigenvalue weighted by atomic mass is 9.82. The van der Waals surface area contributed by atoms with Crippen molar-refractivity contribution in [3.8, 4) is 0 Å². The van der Waals surface area contributed by atoms with Crippen LogP contribution in [0.2, 0.25) is 0 Å². The van der Waals surface area contributed by atoms with Crippen LogP contribution in [0.3, 0.4) is 0 Å². The van der Waals surface area contributed by atoms with E-state index in [2.05, 4.69) is 5.32 Å². The molecule has 0 aromatic heterocycles. The second-order valence-corrected chi connectivity index (χ2v) is 7.39. The van der Waals surface area contributed by atoms with E-state index < -0.39 is 11.6 Å². The highest BCUT2D eigenvalue weighted by molar-refractivity contribution is 6.10. The molecule has 26 heavy (non-hydrogen) atoms. The van der Waals surface area contributed by atoms with Crippen LogP contribution in [0, 0.1) is 13.8 Å². The van der Waals surface area contributed by atoms with Gasteiger partial charge in [-0.05, 0) is 50.8 Å². The molecule has 140 valence electrons. The quantitative estimate of drug-likeness (QED) is 0.843. The lowest BCUT2D eigenvalue weighted by Gasteiger charge is -2.30. The van der Waals surface area contributed by atoms with E-state index in [0.29, 0.717) is 19.4 Å². The molecular formula is C20H27N3O3. The summed E-state index contributed by atoms with van der Waals surface area (Å²) >= 11 is 0. The lowest BCUT2D eigenvalue weighted by molar-refractivity contribution is -0.135. The first kappa shape index (κ1) is 18.4. The number of nitrogens with zero attached hydrogens (tertiary/aromatic N) is 2. The maximum Gasteiger partial charge on any atom is 0.325 e. The number of urea groups is 1. The molecule has 1 saturated carbocycles. The Morgan fingerprint density at radius 3 is 2.54 bits per heavy atom. The number of benzene rings is 1. The van der Waals surface area contributed by atoms with Gasteiger partial charge >= 0.3 is 6.03 Å². The molecule has 6 heteroatoms. The summed E-state index contributed by atoms with van der Waals surface area (Å²) < 4.78 is 0. The number of carbonyl (C=O) groups is 3. The average molecular weight is 357 g/mol. The van der Waals surface area contributed by atoms with Gasteiger partial charge in [0.25, 0.3) is 5.91 Å². The van der Waals surface area contributed by atoms with Crippen LogP contribution in [0.25, 0.3) is 0 Å². The van der Waals surface area contributed by atoms with Crippen molar-refractivity contribution < 1.29 is 14.4 Å². The number of amides is 4. The number of carbonyl (C=O) groups excluding carboxylic acids is 3. The van der Waals surface area contributed by atoms with E-state index in [-0.39, 0.29) is 18.4 Å². The summed E-state index contributed by atoms with van der Waals surface area (Å²) in [7, 11) is 0. The molecule has 1 aliphatic heterocycles. The van der Waals surface area contributed by atoms with Crippen LogP contribution in [0.15, 0.2) is 18.2 Å². The zero-order chi connectivity index (χ0) is 18.9. The van der Waals surface area contributed by atoms with Gasteiger partial charge < -0.3 is 10.2 Å². The molecule has 4 amide bonds. The Kier molecular flexibility index (Phi) is 5.03. The number of hydrogen-bond donors (Lipinski definition) is 1. The zero-order valence-corrected chi connectivity index (χ0v) is 15.8. The SMILES string of the molecule is CCN(C(=O)CN1C(=O)NC2(CCCCC2)C1=O)c1cc(C)ccc1C. The van der Waals surface area contributed by atoms with Crippen molar-refractivity contribution in [2.45, 2.75) is 58.4 Å². The van der Waals surface area contributed by atoms with Gasteiger partial charge in [0.2, 0.25) is 5.91 Å². The molecule has 2 fully saturated rings. The summed E-state index contributed by atoms with van der Waals surface area (Å²) in [5.41, 5.74) is 2.10. The van der Waals surface area contributed by atoms with E-state index in [0.717, 1.165) is 41.0 Å². The van der Waals surface area contributed by atoms with Gasteiger partial charge in [-0.15, -0.1) is 0 Å². The summed E-state index contributed by atoms with van der Waals surface area (Å²) in [5, 5.41) is 2.86. The molecule has 1 saturated heterocycles. The van der Waals surface area contributed by atoms with Crippen LogP contribution in [0.1, 0.15) is 50.2 Å². The van der Waals surface area contributed by atoms with Gasteiger partial charge in [-0.1, -0.05) is 31.4 Å². The largest absolute Gasteiger partial charge is 0.325 e. The fourth-order valence-corrected chi connectivity index (χ4v) is 4.03. The molecule has 2 aliphatic rings. The molecule has 1 spiro atoms. The molecule has 0 unspecified atom stereocenters. The molecule has 3 rings (SSSR count). The summed E-state index contributed by atoms with van der Waals surface area (Å²) in [6.45, 7) is 6.10. The molecule has 1 heterocycles. The van der Waals surface area contributed by atoms with Crippen molar-refractivity contribution in [3.63, 3.8) is 0 Å². The van der Waals surface area contributed by atoms with Crippen molar-refractivity contribution in [1.82, 2.24) is 10.2 Å². The van der Waals surface area contributed by atoms with E-state index in [4.69, 9.17) is 0 Å². The highest BCUT2D eigenvalue weighted by Gasteiger charge is 2.51. The average Bonchev–Trinajstić information content (AvgIpc) is 2.83. The third-order valence-corrected chi connectivity index (χ3v) is 5.52. The lowest BCUT2D eigenvalue weighted by Crippen LogP contribution is -2.49. The van der Waals surface area contributed by atoms with Crippen LogP contribution in [-0.4, -0.2) is 41.4 Å². The third kappa shape index (κ3) is 3.20. The summed E-state index contributed by atoms with van der Waals surface area (Å²) in [6, 6.07) is 5.50. The summed E-state index contributed by atoms with van der Waals surface area (Å²) in [5.74, 6) is -0.481. The smallest absolute Gasteiger partial charge is 0.323 e. The second-order valence-electron chi connectivity index (χ2n) is 7.39. The number of rotatable bonds is 4. The minimum absolute atomic E-state index is 0.215. The van der Waals surface area contributed by atoms with Crippen molar-refractivity contribution >= 4 is 23.5 Å². The van der Waals surface area contributed by atoms with Gasteiger partial charge in [-0.2, -0.15) is 0 Å². The van der Waals surface area contributed by atoms with Gasteiger partial charge in [0.1, 0.15) is 12.1 Å². The Labute approximate surface area is 154 Å². The normalized spacial score (nSPS) is 19.0. The van der Waals surface area contributed by atoms with E-state index >= 15 is 0 Å². The number of anilines is 1. The molecule has 6 nitrogen and oxygen atoms in total. The molecule has 0 atom stereocenters. The number of hydrogen-bond acceptors (Lipinski definition) is 3. The predicted octanol–water partition coefficient (Wildman–Crippen LogP) is 2.91. The van der Waals surface area contributed by atoms with Gasteiger partial charge in [0, 0.05) is 12.2 Å². The minimum Gasteiger partial charge on any atom is -0.323 e. The fourth-order valence-electron chi connectivity index (χ4n) is 4.03. The Bertz CT molecular complexity index is 738. The van der Waals surface area contributed by atoms with Crippen LogP contribution in [-0.2, 0) is 9.59 Å². The first-order valence-corrected chi connectivity index (χ1v) is 9.40. The molecule has 0 radical (unpaired) electrons. The predicted molar refractivity (Wildman–Crippen MR) is 100 cm³/mol. The number of likely N-dealkylation sites (N-methyl/N-ethyl adjacent to an activating group) is 1. The number of imide groups is 1. The maximum absolute atomic E-state index is 12.9. The number of nitrogens with one attached hydrogen (secondary N) is 1. The van der Waals surface area contributed by atoms with Gasteiger partial charge in [-0.25, -0.2) is 4.79 Å². The highest BCUT2D eigenvalue weighted by atomic mass is 16.2. The van der Waals surface area contributed by atoms with E-state index in [1.54, 1.807) is 4.90 Å². The zero-order valence-electron chi connectivity index (χ0n) is 15.8. The summed E-state index contributed by atoms with van der Waals surface area (Å²) in [6.07, 6.45) is 4.27. The molecule has 1 aromatic carbocycles. The first-order chi connectivity index (χ1) is 12.4. The standard InChI is InChI=1S/C20H27N3O3/c1-4-22(16-12-14(2)8-9-15(16)3)17(24)13-23-18(25)20(21-19(23)26)10-6-5-7-11-20/h8-9,12H,4-7,10-11,13H2,1-3H3,(H,21,26). The van der Waals surface area contributed by atoms with Gasteiger partial charge in [-0.3, -0.25) is 14.5 Å². The van der Waals surface area contributed by atoms with E-state index in [1.165, 1.54) is 0 Å². The third-order valence-electron chi connectivity index (χ3n) is 5.52. The molecular weight excluding hydrogens is 330 g/mol. The Hall–Kier alpha value is -2.37. The van der Waals surface area contributed by atoms with Crippen molar-refractivity contribution in [2.75, 3.05) is 18.0 Å². The van der Waals surface area contributed by atoms with Crippen LogP contribution >= 0.6 is 0 Å². The van der Waals surface area contributed by atoms with E-state index in [9.17, 15) is 14.4 Å². The van der Waals surface area contributed by atoms with Gasteiger partial charge in [0.15, 0.2) is 0 Å². The fraction of sp³-hybridized carbons (Fsp3) is 0.550. The molecule has 1 aromatic rings. The molecule has 1 aliphatic carbocycles. The number of aryl methyl sites for hydroxylation is 2. The first-order valence-electron chi connectivity index (χ1n) is 9.40. The van der Waals surface area contributed by atoms with Crippen LogP contribution in [0.5, 0.6) is 0 Å². The Morgan fingerprint density at radius 1 is 1.19 bits per heavy atom. The van der Waals surface area contributed by atoms with Crippen molar-refractivity contribution in [3.05, 3.63) is 29.3 Å². The highest BCUT2D eigenvalue weighted by Crippen LogP contribution is 2.33. The molecule has 0 bridgehead atoms. The topological polar surface area (TPSA) is 69.7 Å². The monoisotopic (exact) mass is 357 g/mol. The second kappa shape index (κ2) is 7.09. The maximum atomic E-state index is 12.9. The van der Waals surface area contributed by atoms with E-state index in [1.807, 2.05) is 39.0 Å². The molecule has 1 N–H and O–H groups in total. The van der Waals surface area contributed by atoms with Crippen molar-refractivity contribution in [1.29, 1.82) is 0 Å². The van der Waals surface area contributed by atoms with Gasteiger partial charge in [0.05, 0.1) is 0 Å². The minimum atomic E-state index is -0.786. The Morgan fingerprint density at radius 2 is 1.88 bits per heavy atom.